The van der Waals surface area contributed by atoms with E-state index in [4.69, 9.17) is 10.5 Å². The van der Waals surface area contributed by atoms with E-state index in [9.17, 15) is 9.59 Å². The number of nitrogens with one attached hydrogen (secondary N) is 1. The highest BCUT2D eigenvalue weighted by Gasteiger charge is 2.11. The molecule has 0 aromatic heterocycles. The van der Waals surface area contributed by atoms with Gasteiger partial charge in [0.2, 0.25) is 0 Å². The number of para-hydroxylation sites is 1. The molecule has 0 saturated carbocycles. The van der Waals surface area contributed by atoms with Crippen LogP contribution >= 0.6 is 0 Å². The predicted octanol–water partition coefficient (Wildman–Crippen LogP) is 3.83. The number of hydrogen-bond acceptors (Lipinski definition) is 4. The fourth-order valence-corrected chi connectivity index (χ4v) is 2.50. The lowest BCUT2D eigenvalue weighted by Gasteiger charge is -2.12. The summed E-state index contributed by atoms with van der Waals surface area (Å²) in [5, 5.41) is 2.84. The number of anilines is 2. The Kier molecular flexibility index (Phi) is 6.57. The Bertz CT molecular complexity index is 756. The summed E-state index contributed by atoms with van der Waals surface area (Å²) in [5.41, 5.74) is 8.69. The molecule has 0 aliphatic rings. The third-order valence-corrected chi connectivity index (χ3v) is 3.84. The Balaban J connectivity index is 1.96. The number of ketones is 1. The number of amides is 1. The van der Waals surface area contributed by atoms with Crippen LogP contribution in [0, 0.1) is 0 Å². The zero-order chi connectivity index (χ0) is 18.2. The number of carbonyl (C=O) groups is 2. The maximum atomic E-state index is 12.1. The second kappa shape index (κ2) is 8.87. The number of rotatable bonds is 8. The van der Waals surface area contributed by atoms with Crippen LogP contribution in [0.1, 0.15) is 42.6 Å². The minimum atomic E-state index is -0.258. The fourth-order valence-electron chi connectivity index (χ4n) is 2.50. The molecule has 2 aromatic rings. The van der Waals surface area contributed by atoms with Gasteiger partial charge < -0.3 is 15.8 Å². The van der Waals surface area contributed by atoms with Crippen LogP contribution in [0.4, 0.5) is 11.4 Å². The van der Waals surface area contributed by atoms with Gasteiger partial charge in [-0.2, -0.15) is 0 Å². The normalized spacial score (nSPS) is 10.3. The number of hydrogen-bond donors (Lipinski definition) is 2. The second-order valence-corrected chi connectivity index (χ2v) is 5.77. The Labute approximate surface area is 148 Å². The zero-order valence-electron chi connectivity index (χ0n) is 14.7. The third-order valence-electron chi connectivity index (χ3n) is 3.84. The first kappa shape index (κ1) is 18.5. The standard InChI is InChI=1S/C20H24N2O3/c1-3-7-18(23)15-10-11-19(16(21)12-15)25-13-20(24)22-17-9-6-5-8-14(17)4-2/h5-6,8-12H,3-4,7,13,21H2,1-2H3,(H,22,24). The SMILES string of the molecule is CCCC(=O)c1ccc(OCC(=O)Nc2ccccc2CC)c(N)c1. The van der Waals surface area contributed by atoms with Crippen molar-refractivity contribution in [1.82, 2.24) is 0 Å². The lowest BCUT2D eigenvalue weighted by atomic mass is 10.1. The molecule has 0 heterocycles. The molecular formula is C20H24N2O3. The second-order valence-electron chi connectivity index (χ2n) is 5.77. The van der Waals surface area contributed by atoms with E-state index >= 15 is 0 Å². The Morgan fingerprint density at radius 3 is 2.56 bits per heavy atom. The molecule has 0 unspecified atom stereocenters. The smallest absolute Gasteiger partial charge is 0.262 e. The van der Waals surface area contributed by atoms with Gasteiger partial charge in [-0.15, -0.1) is 0 Å². The number of benzene rings is 2. The summed E-state index contributed by atoms with van der Waals surface area (Å²) in [4.78, 5) is 24.0. The summed E-state index contributed by atoms with van der Waals surface area (Å²) in [6, 6.07) is 12.5. The number of ether oxygens (including phenoxy) is 1. The summed E-state index contributed by atoms with van der Waals surface area (Å²) < 4.78 is 5.49. The molecule has 0 aliphatic carbocycles. The highest BCUT2D eigenvalue weighted by molar-refractivity contribution is 5.97. The molecule has 0 spiro atoms. The van der Waals surface area contributed by atoms with Crippen molar-refractivity contribution >= 4 is 23.1 Å². The molecule has 0 fully saturated rings. The lowest BCUT2D eigenvalue weighted by Crippen LogP contribution is -2.21. The topological polar surface area (TPSA) is 81.4 Å². The fraction of sp³-hybridized carbons (Fsp3) is 0.300. The number of nitrogen functional groups attached to an aromatic ring is 1. The van der Waals surface area contributed by atoms with Crippen LogP contribution in [0.25, 0.3) is 0 Å². The number of aryl methyl sites for hydroxylation is 1. The number of Topliss-reactive ketones (excluding diaryl/α,β-unsaturated/α-hetero) is 1. The van der Waals surface area contributed by atoms with Crippen LogP contribution in [0.5, 0.6) is 5.75 Å². The van der Waals surface area contributed by atoms with E-state index in [1.165, 1.54) is 0 Å². The van der Waals surface area contributed by atoms with Gasteiger partial charge in [0.1, 0.15) is 5.75 Å². The van der Waals surface area contributed by atoms with Crippen molar-refractivity contribution in [3.05, 3.63) is 53.6 Å². The van der Waals surface area contributed by atoms with Gasteiger partial charge in [-0.1, -0.05) is 32.0 Å². The van der Waals surface area contributed by atoms with E-state index < -0.39 is 0 Å². The highest BCUT2D eigenvalue weighted by atomic mass is 16.5. The predicted molar refractivity (Wildman–Crippen MR) is 100 cm³/mol. The third kappa shape index (κ3) is 5.08. The van der Waals surface area contributed by atoms with Crippen molar-refractivity contribution in [2.75, 3.05) is 17.7 Å². The Morgan fingerprint density at radius 1 is 1.12 bits per heavy atom. The van der Waals surface area contributed by atoms with E-state index in [-0.39, 0.29) is 18.3 Å². The molecule has 5 nitrogen and oxygen atoms in total. The molecule has 25 heavy (non-hydrogen) atoms. The highest BCUT2D eigenvalue weighted by Crippen LogP contribution is 2.23. The first-order valence-corrected chi connectivity index (χ1v) is 8.48. The van der Waals surface area contributed by atoms with Gasteiger partial charge in [0, 0.05) is 17.7 Å². The van der Waals surface area contributed by atoms with Crippen molar-refractivity contribution in [3.63, 3.8) is 0 Å². The summed E-state index contributed by atoms with van der Waals surface area (Å²) in [7, 11) is 0. The zero-order valence-corrected chi connectivity index (χ0v) is 14.7. The van der Waals surface area contributed by atoms with E-state index in [0.29, 0.717) is 23.4 Å². The molecule has 0 saturated heterocycles. The molecule has 5 heteroatoms. The van der Waals surface area contributed by atoms with Gasteiger partial charge in [0.25, 0.3) is 5.91 Å². The first-order valence-electron chi connectivity index (χ1n) is 8.48. The van der Waals surface area contributed by atoms with Crippen LogP contribution in [-0.4, -0.2) is 18.3 Å². The average molecular weight is 340 g/mol. The van der Waals surface area contributed by atoms with Crippen LogP contribution in [0.15, 0.2) is 42.5 Å². The van der Waals surface area contributed by atoms with E-state index in [1.54, 1.807) is 18.2 Å². The molecule has 0 radical (unpaired) electrons. The van der Waals surface area contributed by atoms with Crippen molar-refractivity contribution in [3.8, 4) is 5.75 Å². The summed E-state index contributed by atoms with van der Waals surface area (Å²) in [6.45, 7) is 3.84. The molecular weight excluding hydrogens is 316 g/mol. The minimum Gasteiger partial charge on any atom is -0.482 e. The van der Waals surface area contributed by atoms with Gasteiger partial charge in [-0.3, -0.25) is 9.59 Å². The van der Waals surface area contributed by atoms with Crippen LogP contribution in [0.3, 0.4) is 0 Å². The monoisotopic (exact) mass is 340 g/mol. The molecule has 0 atom stereocenters. The molecule has 2 aromatic carbocycles. The molecule has 2 rings (SSSR count). The minimum absolute atomic E-state index is 0.0506. The van der Waals surface area contributed by atoms with Gasteiger partial charge >= 0.3 is 0 Å². The molecule has 0 aliphatic heterocycles. The van der Waals surface area contributed by atoms with E-state index in [2.05, 4.69) is 5.32 Å². The Hall–Kier alpha value is -2.82. The quantitative estimate of drug-likeness (QED) is 0.565. The van der Waals surface area contributed by atoms with Crippen LogP contribution in [0.2, 0.25) is 0 Å². The van der Waals surface area contributed by atoms with Crippen molar-refractivity contribution in [2.24, 2.45) is 0 Å². The van der Waals surface area contributed by atoms with Crippen LogP contribution < -0.4 is 15.8 Å². The van der Waals surface area contributed by atoms with E-state index in [0.717, 1.165) is 24.1 Å². The van der Waals surface area contributed by atoms with Crippen molar-refractivity contribution < 1.29 is 14.3 Å². The summed E-state index contributed by atoms with van der Waals surface area (Å²) in [5.74, 6) is 0.188. The lowest BCUT2D eigenvalue weighted by molar-refractivity contribution is -0.118. The van der Waals surface area contributed by atoms with Crippen LogP contribution in [-0.2, 0) is 11.2 Å². The van der Waals surface area contributed by atoms with Gasteiger partial charge in [-0.25, -0.2) is 0 Å². The van der Waals surface area contributed by atoms with E-state index in [1.807, 2.05) is 38.1 Å². The van der Waals surface area contributed by atoms with Crippen molar-refractivity contribution in [2.45, 2.75) is 33.1 Å². The number of carbonyl (C=O) groups excluding carboxylic acids is 2. The maximum absolute atomic E-state index is 12.1. The first-order chi connectivity index (χ1) is 12.0. The Morgan fingerprint density at radius 2 is 1.88 bits per heavy atom. The maximum Gasteiger partial charge on any atom is 0.262 e. The average Bonchev–Trinajstić information content (AvgIpc) is 2.61. The summed E-state index contributed by atoms with van der Waals surface area (Å²) in [6.07, 6.45) is 2.10. The van der Waals surface area contributed by atoms with Gasteiger partial charge in [0.05, 0.1) is 5.69 Å². The molecule has 1 amide bonds. The van der Waals surface area contributed by atoms with Gasteiger partial charge in [0.15, 0.2) is 12.4 Å². The molecule has 3 N–H and O–H groups in total. The molecule has 132 valence electrons. The molecule has 0 bridgehead atoms. The van der Waals surface area contributed by atoms with Gasteiger partial charge in [-0.05, 0) is 42.7 Å². The summed E-state index contributed by atoms with van der Waals surface area (Å²) >= 11 is 0. The van der Waals surface area contributed by atoms with Crippen molar-refractivity contribution in [1.29, 1.82) is 0 Å². The number of nitrogens with two attached hydrogens (primary N) is 1. The largest absolute Gasteiger partial charge is 0.482 e.